The zero-order valence-corrected chi connectivity index (χ0v) is 6.21. The van der Waals surface area contributed by atoms with Gasteiger partial charge in [0.25, 0.3) is 0 Å². The Labute approximate surface area is 72.2 Å². The molecule has 0 saturated carbocycles. The molecule has 10 heavy (non-hydrogen) atoms. The van der Waals surface area contributed by atoms with E-state index in [4.69, 9.17) is 0 Å². The molecule has 0 atom stereocenters. The summed E-state index contributed by atoms with van der Waals surface area (Å²) >= 11 is 0. The predicted molar refractivity (Wildman–Crippen MR) is 28.0 cm³/mol. The van der Waals surface area contributed by atoms with E-state index in [2.05, 4.69) is 4.94 Å². The van der Waals surface area contributed by atoms with Gasteiger partial charge < -0.3 is 0 Å². The average molecular weight is 236 g/mol. The molecule has 6 heteroatoms. The fraction of sp³-hybridized carbons (Fsp3) is 0. The first kappa shape index (κ1) is 9.22. The van der Waals surface area contributed by atoms with Gasteiger partial charge in [-0.25, -0.2) is 10.1 Å². The number of rotatable bonds is 2. The van der Waals surface area contributed by atoms with Gasteiger partial charge in [0.15, 0.2) is 5.09 Å². The van der Waals surface area contributed by atoms with Crippen LogP contribution in [0.3, 0.4) is 0 Å². The molecule has 1 rings (SSSR count). The van der Waals surface area contributed by atoms with Gasteiger partial charge in [0.1, 0.15) is 12.4 Å². The van der Waals surface area contributed by atoms with E-state index in [-0.39, 0.29) is 22.4 Å². The van der Waals surface area contributed by atoms with Gasteiger partial charge in [0, 0.05) is 22.4 Å². The molecule has 5 nitrogen and oxygen atoms in total. The Morgan fingerprint density at radius 3 is 2.30 bits per heavy atom. The van der Waals surface area contributed by atoms with Gasteiger partial charge in [-0.15, -0.1) is 4.73 Å². The summed E-state index contributed by atoms with van der Waals surface area (Å²) in [6.07, 6.45) is 2.87. The van der Waals surface area contributed by atoms with Crippen LogP contribution in [0.15, 0.2) is 24.5 Å². The summed E-state index contributed by atoms with van der Waals surface area (Å²) < 4.78 is 1.00. The SMILES string of the molecule is O=[N+]([O-])On1cccc1.[Ag]. The van der Waals surface area contributed by atoms with Crippen molar-refractivity contribution >= 4 is 0 Å². The van der Waals surface area contributed by atoms with E-state index < -0.39 is 5.09 Å². The maximum Gasteiger partial charge on any atom is 0.168 e. The minimum Gasteiger partial charge on any atom is -0.218 e. The third kappa shape index (κ3) is 2.67. The summed E-state index contributed by atoms with van der Waals surface area (Å²) in [5.74, 6) is 0. The molecule has 0 aliphatic rings. The monoisotopic (exact) mass is 235 g/mol. The van der Waals surface area contributed by atoms with Gasteiger partial charge in [0.2, 0.25) is 0 Å². The van der Waals surface area contributed by atoms with Crippen LogP contribution < -0.4 is 4.94 Å². The molecule has 0 fully saturated rings. The maximum absolute atomic E-state index is 9.63. The van der Waals surface area contributed by atoms with Crippen LogP contribution in [0.2, 0.25) is 0 Å². The molecule has 1 radical (unpaired) electrons. The van der Waals surface area contributed by atoms with E-state index in [1.165, 1.54) is 12.4 Å². The molecule has 0 saturated heterocycles. The summed E-state index contributed by atoms with van der Waals surface area (Å²) in [5, 5.41) is 8.75. The van der Waals surface area contributed by atoms with Crippen LogP contribution in [-0.4, -0.2) is 9.82 Å². The molecule has 0 aliphatic carbocycles. The Bertz CT molecular complexity index is 198. The molecule has 0 aliphatic heterocycles. The van der Waals surface area contributed by atoms with Crippen LogP contribution >= 0.6 is 0 Å². The minimum absolute atomic E-state index is 0. The summed E-state index contributed by atoms with van der Waals surface area (Å²) in [4.78, 5) is 13.6. The Hall–Kier alpha value is -0.780. The Morgan fingerprint density at radius 1 is 1.40 bits per heavy atom. The topological polar surface area (TPSA) is 57.3 Å². The van der Waals surface area contributed by atoms with Gasteiger partial charge >= 0.3 is 0 Å². The molecule has 59 valence electrons. The van der Waals surface area contributed by atoms with Crippen LogP contribution in [0.1, 0.15) is 0 Å². The molecule has 0 spiro atoms. The second-order valence-electron chi connectivity index (χ2n) is 1.35. The molecular formula is C4H4AgN2O3. The van der Waals surface area contributed by atoms with E-state index >= 15 is 0 Å². The zero-order chi connectivity index (χ0) is 6.69. The van der Waals surface area contributed by atoms with Crippen LogP contribution in [0.4, 0.5) is 0 Å². The van der Waals surface area contributed by atoms with E-state index in [0.29, 0.717) is 0 Å². The molecule has 0 N–H and O–H groups in total. The van der Waals surface area contributed by atoms with Crippen molar-refractivity contribution in [1.82, 2.24) is 4.73 Å². The molecular weight excluding hydrogens is 232 g/mol. The van der Waals surface area contributed by atoms with Crippen molar-refractivity contribution in [2.45, 2.75) is 0 Å². The molecule has 1 heterocycles. The Balaban J connectivity index is 0.000000810. The first-order valence-electron chi connectivity index (χ1n) is 2.25. The molecule has 0 amide bonds. The number of nitrogens with zero attached hydrogens (tertiary/aromatic N) is 2. The van der Waals surface area contributed by atoms with Crippen molar-refractivity contribution in [2.24, 2.45) is 0 Å². The minimum atomic E-state index is -0.875. The molecule has 0 unspecified atom stereocenters. The smallest absolute Gasteiger partial charge is 0.168 e. The zero-order valence-electron chi connectivity index (χ0n) is 4.73. The van der Waals surface area contributed by atoms with E-state index in [0.717, 1.165) is 4.73 Å². The Kier molecular flexibility index (Phi) is 3.78. The third-order valence-corrected chi connectivity index (χ3v) is 0.738. The molecule has 1 aromatic rings. The summed E-state index contributed by atoms with van der Waals surface area (Å²) in [7, 11) is 0. The van der Waals surface area contributed by atoms with Gasteiger partial charge in [-0.05, 0) is 12.1 Å². The molecule has 1 aromatic heterocycles. The largest absolute Gasteiger partial charge is 0.218 e. The Morgan fingerprint density at radius 2 is 1.90 bits per heavy atom. The number of hydrogen-bond acceptors (Lipinski definition) is 3. The standard InChI is InChI=1S/C4H4N2O3.Ag/c7-6(8)9-5-3-1-2-4-5;/h1-4H;. The van der Waals surface area contributed by atoms with Crippen LogP contribution in [0.25, 0.3) is 0 Å². The first-order valence-corrected chi connectivity index (χ1v) is 2.25. The molecule has 0 aromatic carbocycles. The molecule has 0 bridgehead atoms. The normalized spacial score (nSPS) is 8.00. The van der Waals surface area contributed by atoms with Crippen LogP contribution in [0, 0.1) is 10.1 Å². The van der Waals surface area contributed by atoms with Crippen molar-refractivity contribution in [1.29, 1.82) is 0 Å². The second kappa shape index (κ2) is 4.10. The summed E-state index contributed by atoms with van der Waals surface area (Å²) in [6, 6.07) is 3.26. The van der Waals surface area contributed by atoms with Crippen LogP contribution in [0.5, 0.6) is 0 Å². The van der Waals surface area contributed by atoms with Crippen molar-refractivity contribution in [3.8, 4) is 0 Å². The van der Waals surface area contributed by atoms with E-state index in [9.17, 15) is 10.1 Å². The van der Waals surface area contributed by atoms with Crippen molar-refractivity contribution in [2.75, 3.05) is 0 Å². The van der Waals surface area contributed by atoms with Gasteiger partial charge in [-0.2, -0.15) is 4.94 Å². The first-order chi connectivity index (χ1) is 4.29. The summed E-state index contributed by atoms with van der Waals surface area (Å²) in [6.45, 7) is 0. The number of hydrogen-bond donors (Lipinski definition) is 0. The fourth-order valence-electron chi connectivity index (χ4n) is 0.450. The maximum atomic E-state index is 9.63. The predicted octanol–water partition coefficient (Wildman–Crippen LogP) is 0.106. The van der Waals surface area contributed by atoms with Gasteiger partial charge in [-0.1, -0.05) is 0 Å². The third-order valence-electron chi connectivity index (χ3n) is 0.738. The van der Waals surface area contributed by atoms with Gasteiger partial charge in [0.05, 0.1) is 0 Å². The number of aromatic nitrogens is 1. The fourth-order valence-corrected chi connectivity index (χ4v) is 0.450. The quantitative estimate of drug-likeness (QED) is 0.415. The average Bonchev–Trinajstić information content (AvgIpc) is 2.15. The van der Waals surface area contributed by atoms with Crippen molar-refractivity contribution in [3.63, 3.8) is 0 Å². The van der Waals surface area contributed by atoms with Crippen molar-refractivity contribution < 1.29 is 32.4 Å². The van der Waals surface area contributed by atoms with Crippen LogP contribution in [-0.2, 0) is 22.4 Å². The van der Waals surface area contributed by atoms with E-state index in [1.807, 2.05) is 0 Å². The van der Waals surface area contributed by atoms with Crippen molar-refractivity contribution in [3.05, 3.63) is 34.6 Å². The van der Waals surface area contributed by atoms with Gasteiger partial charge in [-0.3, -0.25) is 0 Å². The van der Waals surface area contributed by atoms with E-state index in [1.54, 1.807) is 12.1 Å². The second-order valence-corrected chi connectivity index (χ2v) is 1.35. The summed E-state index contributed by atoms with van der Waals surface area (Å²) in [5.41, 5.74) is 0.